The number of carbonyl (C=O) groups is 2. The Balaban J connectivity index is 2.86. The summed E-state index contributed by atoms with van der Waals surface area (Å²) in [6.45, 7) is -2.28. The van der Waals surface area contributed by atoms with Crippen molar-refractivity contribution in [1.82, 2.24) is 0 Å². The second kappa shape index (κ2) is 6.29. The van der Waals surface area contributed by atoms with E-state index in [9.17, 15) is 18.4 Å². The molecule has 17 heavy (non-hydrogen) atoms. The van der Waals surface area contributed by atoms with Crippen molar-refractivity contribution in [3.63, 3.8) is 0 Å². The lowest BCUT2D eigenvalue weighted by atomic mass is 10.2. The van der Waals surface area contributed by atoms with E-state index in [2.05, 4.69) is 26.6 Å². The average molecular weight is 307 g/mol. The number of hydrogen-bond donors (Lipinski definition) is 2. The van der Waals surface area contributed by atoms with E-state index in [0.29, 0.717) is 15.8 Å². The van der Waals surface area contributed by atoms with Crippen LogP contribution >= 0.6 is 15.9 Å². The zero-order valence-electron chi connectivity index (χ0n) is 8.60. The molecule has 0 aliphatic heterocycles. The molecule has 7 heteroatoms. The second-order valence-corrected chi connectivity index (χ2v) is 3.91. The third-order valence-corrected chi connectivity index (χ3v) is 2.46. The second-order valence-electron chi connectivity index (χ2n) is 3.06. The van der Waals surface area contributed by atoms with Gasteiger partial charge >= 0.3 is 0 Å². The topological polar surface area (TPSA) is 58.2 Å². The van der Waals surface area contributed by atoms with Gasteiger partial charge in [0.2, 0.25) is 0 Å². The Labute approximate surface area is 105 Å². The first kappa shape index (κ1) is 13.6. The summed E-state index contributed by atoms with van der Waals surface area (Å²) in [5, 5.41) is 4.56. The SMILES string of the molecule is O=C(CF)Nc1ccc(Br)c(NC(=O)CF)c1. The maximum Gasteiger partial charge on any atom is 0.255 e. The van der Waals surface area contributed by atoms with Crippen molar-refractivity contribution in [1.29, 1.82) is 0 Å². The first-order chi connectivity index (χ1) is 8.06. The summed E-state index contributed by atoms with van der Waals surface area (Å²) in [6, 6.07) is 4.45. The van der Waals surface area contributed by atoms with Crippen LogP contribution in [0.15, 0.2) is 22.7 Å². The van der Waals surface area contributed by atoms with Crippen LogP contribution in [-0.2, 0) is 9.59 Å². The van der Waals surface area contributed by atoms with Crippen LogP contribution in [0.25, 0.3) is 0 Å². The van der Waals surface area contributed by atoms with Gasteiger partial charge in [0.1, 0.15) is 0 Å². The number of hydrogen-bond acceptors (Lipinski definition) is 2. The van der Waals surface area contributed by atoms with Crippen LogP contribution in [0.1, 0.15) is 0 Å². The summed E-state index contributed by atoms with van der Waals surface area (Å²) in [6.07, 6.45) is 0. The predicted molar refractivity (Wildman–Crippen MR) is 63.4 cm³/mol. The standard InChI is InChI=1S/C10H9BrF2N2O2/c11-7-2-1-6(14-9(16)4-12)3-8(7)15-10(17)5-13/h1-3H,4-5H2,(H,14,16)(H,15,17). The Morgan fingerprint density at radius 1 is 1.12 bits per heavy atom. The van der Waals surface area contributed by atoms with Gasteiger partial charge in [-0.2, -0.15) is 0 Å². The quantitative estimate of drug-likeness (QED) is 0.896. The third kappa shape index (κ3) is 4.10. The lowest BCUT2D eigenvalue weighted by Crippen LogP contribution is -2.15. The van der Waals surface area contributed by atoms with E-state index in [1.54, 1.807) is 6.07 Å². The van der Waals surface area contributed by atoms with Gasteiger partial charge in [-0.25, -0.2) is 8.78 Å². The van der Waals surface area contributed by atoms with Crippen molar-refractivity contribution in [2.45, 2.75) is 0 Å². The number of nitrogens with one attached hydrogen (secondary N) is 2. The van der Waals surface area contributed by atoms with Gasteiger partial charge in [-0.05, 0) is 34.1 Å². The highest BCUT2D eigenvalue weighted by atomic mass is 79.9. The maximum atomic E-state index is 12.0. The molecule has 0 atom stereocenters. The van der Waals surface area contributed by atoms with Crippen molar-refractivity contribution in [3.05, 3.63) is 22.7 Å². The monoisotopic (exact) mass is 306 g/mol. The molecule has 1 rings (SSSR count). The molecule has 0 bridgehead atoms. The minimum atomic E-state index is -1.15. The maximum absolute atomic E-state index is 12.0. The molecule has 0 radical (unpaired) electrons. The normalized spacial score (nSPS) is 9.82. The molecule has 1 aromatic rings. The molecule has 0 fully saturated rings. The first-order valence-electron chi connectivity index (χ1n) is 4.58. The molecule has 0 aromatic heterocycles. The fourth-order valence-electron chi connectivity index (χ4n) is 1.08. The molecule has 0 unspecified atom stereocenters. The summed E-state index contributed by atoms with van der Waals surface area (Å²) >= 11 is 3.15. The molecule has 0 saturated carbocycles. The molecule has 4 nitrogen and oxygen atoms in total. The Morgan fingerprint density at radius 2 is 1.71 bits per heavy atom. The smallest absolute Gasteiger partial charge is 0.255 e. The molecule has 0 heterocycles. The molecule has 92 valence electrons. The van der Waals surface area contributed by atoms with Gasteiger partial charge < -0.3 is 10.6 Å². The van der Waals surface area contributed by atoms with Crippen LogP contribution in [0.5, 0.6) is 0 Å². The summed E-state index contributed by atoms with van der Waals surface area (Å²) in [4.78, 5) is 21.7. The zero-order chi connectivity index (χ0) is 12.8. The van der Waals surface area contributed by atoms with Gasteiger partial charge in [-0.1, -0.05) is 0 Å². The molecule has 0 spiro atoms. The summed E-state index contributed by atoms with van der Waals surface area (Å²) in [7, 11) is 0. The lowest BCUT2D eigenvalue weighted by Gasteiger charge is -2.09. The van der Waals surface area contributed by atoms with Crippen molar-refractivity contribution in [2.75, 3.05) is 24.0 Å². The van der Waals surface area contributed by atoms with Crippen LogP contribution in [0.4, 0.5) is 20.2 Å². The van der Waals surface area contributed by atoms with Gasteiger partial charge in [0.15, 0.2) is 13.3 Å². The van der Waals surface area contributed by atoms with E-state index in [4.69, 9.17) is 0 Å². The number of halogens is 3. The van der Waals surface area contributed by atoms with Crippen LogP contribution in [0, 0.1) is 0 Å². The molecular formula is C10H9BrF2N2O2. The van der Waals surface area contributed by atoms with Gasteiger partial charge in [0, 0.05) is 10.2 Å². The van der Waals surface area contributed by atoms with Gasteiger partial charge in [0.25, 0.3) is 11.8 Å². The van der Waals surface area contributed by atoms with Crippen molar-refractivity contribution < 1.29 is 18.4 Å². The number of alkyl halides is 2. The molecule has 2 N–H and O–H groups in total. The van der Waals surface area contributed by atoms with Gasteiger partial charge in [-0.15, -0.1) is 0 Å². The minimum Gasteiger partial charge on any atom is -0.324 e. The highest BCUT2D eigenvalue weighted by Gasteiger charge is 2.07. The average Bonchev–Trinajstić information content (AvgIpc) is 2.33. The molecule has 0 aliphatic carbocycles. The van der Waals surface area contributed by atoms with Crippen molar-refractivity contribution in [3.8, 4) is 0 Å². The van der Waals surface area contributed by atoms with E-state index >= 15 is 0 Å². The summed E-state index contributed by atoms with van der Waals surface area (Å²) < 4.78 is 24.5. The van der Waals surface area contributed by atoms with Crippen molar-refractivity contribution >= 4 is 39.1 Å². The van der Waals surface area contributed by atoms with Gasteiger partial charge in [-0.3, -0.25) is 9.59 Å². The Kier molecular flexibility index (Phi) is 5.02. The van der Waals surface area contributed by atoms with Crippen LogP contribution < -0.4 is 10.6 Å². The molecule has 0 aliphatic rings. The highest BCUT2D eigenvalue weighted by Crippen LogP contribution is 2.26. The summed E-state index contributed by atoms with van der Waals surface area (Å²) in [5.74, 6) is -1.60. The van der Waals surface area contributed by atoms with E-state index < -0.39 is 25.2 Å². The van der Waals surface area contributed by atoms with E-state index in [-0.39, 0.29) is 0 Å². The highest BCUT2D eigenvalue weighted by molar-refractivity contribution is 9.10. The Hall–Kier alpha value is -1.50. The largest absolute Gasteiger partial charge is 0.324 e. The molecular weight excluding hydrogens is 298 g/mol. The van der Waals surface area contributed by atoms with E-state index in [1.807, 2.05) is 0 Å². The fourth-order valence-corrected chi connectivity index (χ4v) is 1.42. The number of anilines is 2. The Bertz CT molecular complexity index is 440. The number of amides is 2. The molecule has 1 aromatic carbocycles. The van der Waals surface area contributed by atoms with E-state index in [1.165, 1.54) is 12.1 Å². The van der Waals surface area contributed by atoms with E-state index in [0.717, 1.165) is 0 Å². The predicted octanol–water partition coefficient (Wildman–Crippen LogP) is 2.27. The lowest BCUT2D eigenvalue weighted by molar-refractivity contribution is -0.117. The minimum absolute atomic E-state index is 0.296. The fraction of sp³-hybridized carbons (Fsp3) is 0.200. The summed E-state index contributed by atoms with van der Waals surface area (Å²) in [5.41, 5.74) is 0.606. The number of benzene rings is 1. The van der Waals surface area contributed by atoms with Crippen LogP contribution in [-0.4, -0.2) is 25.2 Å². The zero-order valence-corrected chi connectivity index (χ0v) is 10.2. The first-order valence-corrected chi connectivity index (χ1v) is 5.37. The number of carbonyl (C=O) groups excluding carboxylic acids is 2. The number of rotatable bonds is 4. The Morgan fingerprint density at radius 3 is 2.29 bits per heavy atom. The molecule has 0 saturated heterocycles. The van der Waals surface area contributed by atoms with Crippen LogP contribution in [0.2, 0.25) is 0 Å². The van der Waals surface area contributed by atoms with Crippen molar-refractivity contribution in [2.24, 2.45) is 0 Å². The molecule has 2 amide bonds. The van der Waals surface area contributed by atoms with Gasteiger partial charge in [0.05, 0.1) is 5.69 Å². The van der Waals surface area contributed by atoms with Crippen LogP contribution in [0.3, 0.4) is 0 Å². The third-order valence-electron chi connectivity index (χ3n) is 1.77.